The van der Waals surface area contributed by atoms with Gasteiger partial charge in [-0.05, 0) is 17.5 Å². The molecule has 1 aromatic carbocycles. The van der Waals surface area contributed by atoms with Crippen LogP contribution >= 0.6 is 0 Å². The maximum atomic E-state index is 12.3. The van der Waals surface area contributed by atoms with Gasteiger partial charge in [-0.2, -0.15) is 13.9 Å². The molecule has 2 aromatic rings. The molecule has 0 spiro atoms. The van der Waals surface area contributed by atoms with Gasteiger partial charge in [0.2, 0.25) is 0 Å². The summed E-state index contributed by atoms with van der Waals surface area (Å²) in [7, 11) is 0. The van der Waals surface area contributed by atoms with Crippen molar-refractivity contribution in [1.29, 1.82) is 0 Å². The Hall–Kier alpha value is -1.71. The highest BCUT2D eigenvalue weighted by Crippen LogP contribution is 2.21. The van der Waals surface area contributed by atoms with Crippen molar-refractivity contribution < 1.29 is 8.78 Å². The third-order valence-electron chi connectivity index (χ3n) is 2.50. The Labute approximate surface area is 92.5 Å². The first-order chi connectivity index (χ1) is 7.70. The first-order valence-electron chi connectivity index (χ1n) is 5.12. The monoisotopic (exact) mass is 222 g/mol. The zero-order valence-electron chi connectivity index (χ0n) is 8.90. The largest absolute Gasteiger partial charge is 0.333 e. The minimum atomic E-state index is -2.58. The second-order valence-corrected chi connectivity index (χ2v) is 3.54. The Balaban J connectivity index is 2.28. The quantitative estimate of drug-likeness (QED) is 0.777. The normalized spacial score (nSPS) is 11.0. The van der Waals surface area contributed by atoms with Gasteiger partial charge in [-0.3, -0.25) is 0 Å². The number of hydrogen-bond acceptors (Lipinski definition) is 1. The van der Waals surface area contributed by atoms with Crippen molar-refractivity contribution in [3.8, 4) is 11.1 Å². The van der Waals surface area contributed by atoms with Crippen LogP contribution in [0.1, 0.15) is 19.0 Å². The standard InChI is InChI=1S/C12H12F2N2/c1-2-9-3-5-10(6-4-9)11-7-15-16(8-11)12(13)14/h3-8,12H,2H2,1H3. The molecule has 1 heterocycles. The molecule has 0 aliphatic carbocycles. The molecule has 16 heavy (non-hydrogen) atoms. The third kappa shape index (κ3) is 2.10. The highest BCUT2D eigenvalue weighted by molar-refractivity contribution is 5.61. The molecule has 0 saturated heterocycles. The molecule has 4 heteroatoms. The number of nitrogens with zero attached hydrogens (tertiary/aromatic N) is 2. The summed E-state index contributed by atoms with van der Waals surface area (Å²) in [5.41, 5.74) is 2.84. The minimum Gasteiger partial charge on any atom is -0.211 e. The van der Waals surface area contributed by atoms with Crippen LogP contribution in [0.15, 0.2) is 36.7 Å². The first-order valence-corrected chi connectivity index (χ1v) is 5.12. The van der Waals surface area contributed by atoms with Gasteiger partial charge in [0.1, 0.15) is 0 Å². The molecule has 1 aromatic heterocycles. The van der Waals surface area contributed by atoms with Crippen LogP contribution in [0.2, 0.25) is 0 Å². The summed E-state index contributed by atoms with van der Waals surface area (Å²) in [4.78, 5) is 0. The van der Waals surface area contributed by atoms with E-state index in [1.807, 2.05) is 24.3 Å². The summed E-state index contributed by atoms with van der Waals surface area (Å²) in [5.74, 6) is 0. The van der Waals surface area contributed by atoms with Crippen LogP contribution in [-0.2, 0) is 6.42 Å². The third-order valence-corrected chi connectivity index (χ3v) is 2.50. The lowest BCUT2D eigenvalue weighted by molar-refractivity contribution is 0.0566. The molecule has 0 unspecified atom stereocenters. The van der Waals surface area contributed by atoms with E-state index in [0.29, 0.717) is 10.2 Å². The molecule has 0 bridgehead atoms. The molecular formula is C12H12F2N2. The molecule has 0 fully saturated rings. The van der Waals surface area contributed by atoms with Gasteiger partial charge in [-0.25, -0.2) is 4.68 Å². The first kappa shape index (κ1) is 10.8. The summed E-state index contributed by atoms with van der Waals surface area (Å²) in [6, 6.07) is 7.83. The van der Waals surface area contributed by atoms with E-state index in [0.717, 1.165) is 12.0 Å². The zero-order valence-corrected chi connectivity index (χ0v) is 8.90. The fourth-order valence-electron chi connectivity index (χ4n) is 1.53. The van der Waals surface area contributed by atoms with Crippen LogP contribution in [0.3, 0.4) is 0 Å². The summed E-state index contributed by atoms with van der Waals surface area (Å²) >= 11 is 0. The van der Waals surface area contributed by atoms with E-state index in [4.69, 9.17) is 0 Å². The van der Waals surface area contributed by atoms with Crippen molar-refractivity contribution in [2.75, 3.05) is 0 Å². The minimum absolute atomic E-state index is 0.656. The summed E-state index contributed by atoms with van der Waals surface area (Å²) in [6.07, 6.45) is 3.77. The van der Waals surface area contributed by atoms with E-state index in [2.05, 4.69) is 12.0 Å². The molecule has 0 atom stereocenters. The van der Waals surface area contributed by atoms with E-state index in [9.17, 15) is 8.78 Å². The van der Waals surface area contributed by atoms with Gasteiger partial charge in [0.15, 0.2) is 0 Å². The lowest BCUT2D eigenvalue weighted by Gasteiger charge is -1.99. The highest BCUT2D eigenvalue weighted by Gasteiger charge is 2.08. The van der Waals surface area contributed by atoms with Gasteiger partial charge in [0, 0.05) is 11.8 Å². The average molecular weight is 222 g/mol. The molecular weight excluding hydrogens is 210 g/mol. The summed E-state index contributed by atoms with van der Waals surface area (Å²) in [5, 5.41) is 3.60. The molecule has 0 N–H and O–H groups in total. The van der Waals surface area contributed by atoms with Crippen molar-refractivity contribution in [2.24, 2.45) is 0 Å². The topological polar surface area (TPSA) is 17.8 Å². The van der Waals surface area contributed by atoms with E-state index < -0.39 is 6.55 Å². The van der Waals surface area contributed by atoms with Crippen molar-refractivity contribution in [1.82, 2.24) is 9.78 Å². The highest BCUT2D eigenvalue weighted by atomic mass is 19.3. The maximum Gasteiger partial charge on any atom is 0.333 e. The predicted molar refractivity (Wildman–Crippen MR) is 58.3 cm³/mol. The average Bonchev–Trinajstić information content (AvgIpc) is 2.78. The molecule has 0 aliphatic heterocycles. The Morgan fingerprint density at radius 1 is 1.19 bits per heavy atom. The van der Waals surface area contributed by atoms with Gasteiger partial charge >= 0.3 is 6.55 Å². The van der Waals surface area contributed by atoms with Crippen LogP contribution in [0, 0.1) is 0 Å². The molecule has 0 aliphatic rings. The van der Waals surface area contributed by atoms with Gasteiger partial charge in [-0.15, -0.1) is 0 Å². The number of benzene rings is 1. The van der Waals surface area contributed by atoms with Gasteiger partial charge < -0.3 is 0 Å². The number of hydrogen-bond donors (Lipinski definition) is 0. The number of rotatable bonds is 3. The van der Waals surface area contributed by atoms with Gasteiger partial charge in [0.25, 0.3) is 0 Å². The van der Waals surface area contributed by atoms with E-state index in [-0.39, 0.29) is 0 Å². The summed E-state index contributed by atoms with van der Waals surface area (Å²) in [6.45, 7) is -0.507. The van der Waals surface area contributed by atoms with Crippen LogP contribution in [0.25, 0.3) is 11.1 Å². The molecule has 2 rings (SSSR count). The number of aryl methyl sites for hydroxylation is 1. The smallest absolute Gasteiger partial charge is 0.211 e. The van der Waals surface area contributed by atoms with Crippen LogP contribution in [0.5, 0.6) is 0 Å². The van der Waals surface area contributed by atoms with Crippen molar-refractivity contribution in [2.45, 2.75) is 19.9 Å². The SMILES string of the molecule is CCc1ccc(-c2cnn(C(F)F)c2)cc1. The molecule has 2 nitrogen and oxygen atoms in total. The Morgan fingerprint density at radius 2 is 1.88 bits per heavy atom. The summed E-state index contributed by atoms with van der Waals surface area (Å²) < 4.78 is 25.3. The van der Waals surface area contributed by atoms with Crippen LogP contribution in [0.4, 0.5) is 8.78 Å². The van der Waals surface area contributed by atoms with Crippen molar-refractivity contribution >= 4 is 0 Å². The maximum absolute atomic E-state index is 12.3. The lowest BCUT2D eigenvalue weighted by Crippen LogP contribution is -1.96. The lowest BCUT2D eigenvalue weighted by atomic mass is 10.1. The Bertz CT molecular complexity index is 460. The van der Waals surface area contributed by atoms with E-state index >= 15 is 0 Å². The van der Waals surface area contributed by atoms with E-state index in [1.165, 1.54) is 18.0 Å². The molecule has 84 valence electrons. The van der Waals surface area contributed by atoms with Crippen molar-refractivity contribution in [3.63, 3.8) is 0 Å². The second kappa shape index (κ2) is 4.43. The van der Waals surface area contributed by atoms with Crippen LogP contribution < -0.4 is 0 Å². The van der Waals surface area contributed by atoms with Gasteiger partial charge in [-0.1, -0.05) is 31.2 Å². The zero-order chi connectivity index (χ0) is 11.5. The number of halogens is 2. The number of alkyl halides is 2. The fourth-order valence-corrected chi connectivity index (χ4v) is 1.53. The Morgan fingerprint density at radius 3 is 2.38 bits per heavy atom. The Kier molecular flexibility index (Phi) is 2.99. The molecule has 0 radical (unpaired) electrons. The molecule has 0 amide bonds. The fraction of sp³-hybridized carbons (Fsp3) is 0.250. The van der Waals surface area contributed by atoms with Crippen LogP contribution in [-0.4, -0.2) is 9.78 Å². The van der Waals surface area contributed by atoms with Crippen molar-refractivity contribution in [3.05, 3.63) is 42.2 Å². The second-order valence-electron chi connectivity index (χ2n) is 3.54. The van der Waals surface area contributed by atoms with E-state index in [1.54, 1.807) is 0 Å². The predicted octanol–water partition coefficient (Wildman–Crippen LogP) is 3.51. The van der Waals surface area contributed by atoms with Gasteiger partial charge in [0.05, 0.1) is 6.20 Å². The number of aromatic nitrogens is 2. The molecule has 0 saturated carbocycles.